The predicted octanol–water partition coefficient (Wildman–Crippen LogP) is 2.97. The summed E-state index contributed by atoms with van der Waals surface area (Å²) >= 11 is 13.2. The van der Waals surface area contributed by atoms with Gasteiger partial charge in [-0.2, -0.15) is 0 Å². The van der Waals surface area contributed by atoms with Crippen LogP contribution in [0.3, 0.4) is 0 Å². The molecule has 0 amide bonds. The number of hydrogen-bond donors (Lipinski definition) is 1. The second-order valence-corrected chi connectivity index (χ2v) is 10.1. The van der Waals surface area contributed by atoms with E-state index in [2.05, 4.69) is 63.7 Å². The molecule has 1 nitrogen and oxygen atoms in total. The maximum Gasteiger partial charge on any atom is 0.136 e. The number of hydrogen-bond acceptors (Lipinski definition) is 1. The molecule has 0 heterocycles. The van der Waals surface area contributed by atoms with Gasteiger partial charge in [0.25, 0.3) is 0 Å². The Morgan fingerprint density at radius 1 is 1.33 bits per heavy atom. The Morgan fingerprint density at radius 2 is 1.78 bits per heavy atom. The van der Waals surface area contributed by atoms with Crippen LogP contribution in [-0.2, 0) is 0 Å². The third-order valence-corrected chi connectivity index (χ3v) is 2.24. The highest BCUT2D eigenvalue weighted by atomic mass is 80.0. The van der Waals surface area contributed by atoms with Crippen LogP contribution in [0.15, 0.2) is 0 Å². The van der Waals surface area contributed by atoms with E-state index in [1.165, 1.54) is 0 Å². The van der Waals surface area contributed by atoms with Crippen molar-refractivity contribution in [3.63, 3.8) is 0 Å². The van der Waals surface area contributed by atoms with Gasteiger partial charge in [-0.3, -0.25) is 0 Å². The Kier molecular flexibility index (Phi) is 5.68. The Balaban J connectivity index is 3.47. The number of rotatable bonds is 2. The second-order valence-electron chi connectivity index (χ2n) is 1.60. The van der Waals surface area contributed by atoms with Crippen molar-refractivity contribution in [2.75, 3.05) is 6.61 Å². The maximum absolute atomic E-state index is 8.59. The number of aliphatic hydroxyl groups excluding tert-OH is 1. The first-order chi connectivity index (χ1) is 3.95. The van der Waals surface area contributed by atoms with Crippen molar-refractivity contribution in [3.05, 3.63) is 0 Å². The average Bonchev–Trinajstić information content (AvgIpc) is 1.62. The summed E-state index contributed by atoms with van der Waals surface area (Å²) in [5, 5.41) is 8.59. The molecular formula is C4H6Br4O. The van der Waals surface area contributed by atoms with E-state index in [1.807, 2.05) is 0 Å². The van der Waals surface area contributed by atoms with Crippen molar-refractivity contribution >= 4 is 63.7 Å². The van der Waals surface area contributed by atoms with Gasteiger partial charge in [0.05, 0.1) is 6.61 Å². The van der Waals surface area contributed by atoms with Gasteiger partial charge < -0.3 is 5.11 Å². The monoisotopic (exact) mass is 386 g/mol. The Bertz CT molecular complexity index is 79.1. The fraction of sp³-hybridized carbons (Fsp3) is 1.00. The van der Waals surface area contributed by atoms with Gasteiger partial charge in [0.15, 0.2) is 0 Å². The molecule has 0 aliphatic heterocycles. The summed E-state index contributed by atoms with van der Waals surface area (Å²) in [5.41, 5.74) is 0. The lowest BCUT2D eigenvalue weighted by molar-refractivity contribution is 0.294. The average molecular weight is 390 g/mol. The van der Waals surface area contributed by atoms with E-state index in [0.717, 1.165) is 6.42 Å². The number of alkyl halides is 4. The first-order valence-electron chi connectivity index (χ1n) is 2.27. The number of halogens is 4. The quantitative estimate of drug-likeness (QED) is 0.720. The van der Waals surface area contributed by atoms with E-state index in [9.17, 15) is 0 Å². The zero-order valence-electron chi connectivity index (χ0n) is 4.45. The summed E-state index contributed by atoms with van der Waals surface area (Å²) in [4.78, 5) is 0.121. The van der Waals surface area contributed by atoms with Crippen LogP contribution in [0.25, 0.3) is 0 Å². The van der Waals surface area contributed by atoms with E-state index >= 15 is 0 Å². The minimum Gasteiger partial charge on any atom is -0.395 e. The molecule has 0 aliphatic carbocycles. The van der Waals surface area contributed by atoms with E-state index in [1.54, 1.807) is 0 Å². The molecule has 0 fully saturated rings. The molecule has 56 valence electrons. The molecule has 0 aromatic rings. The topological polar surface area (TPSA) is 20.2 Å². The fourth-order valence-electron chi connectivity index (χ4n) is 0.316. The Hall–Kier alpha value is 1.88. The third kappa shape index (κ3) is 7.78. The molecule has 0 spiro atoms. The second kappa shape index (κ2) is 4.70. The van der Waals surface area contributed by atoms with Crippen molar-refractivity contribution in [2.24, 2.45) is 0 Å². The van der Waals surface area contributed by atoms with Crippen molar-refractivity contribution in [1.82, 2.24) is 0 Å². The minimum absolute atomic E-state index is 0.121. The van der Waals surface area contributed by atoms with Gasteiger partial charge in [-0.25, -0.2) is 0 Å². The van der Waals surface area contributed by atoms with Gasteiger partial charge in [-0.15, -0.1) is 0 Å². The summed E-state index contributed by atoms with van der Waals surface area (Å²) < 4.78 is -0.246. The van der Waals surface area contributed by atoms with Crippen LogP contribution >= 0.6 is 63.7 Å². The predicted molar refractivity (Wildman–Crippen MR) is 53.9 cm³/mol. The summed E-state index contributed by atoms with van der Waals surface area (Å²) in [6, 6.07) is 0. The van der Waals surface area contributed by atoms with Gasteiger partial charge >= 0.3 is 0 Å². The summed E-state index contributed by atoms with van der Waals surface area (Å²) in [6.07, 6.45) is 0.767. The molecular weight excluding hydrogens is 384 g/mol. The molecule has 0 aromatic heterocycles. The van der Waals surface area contributed by atoms with Crippen molar-refractivity contribution in [2.45, 2.75) is 13.4 Å². The molecule has 1 unspecified atom stereocenters. The molecule has 0 radical (unpaired) electrons. The van der Waals surface area contributed by atoms with Crippen molar-refractivity contribution < 1.29 is 5.11 Å². The molecule has 5 heteroatoms. The SMILES string of the molecule is OCC(Br)CC(Br)(Br)Br. The van der Waals surface area contributed by atoms with Crippen LogP contribution in [0.2, 0.25) is 0 Å². The lowest BCUT2D eigenvalue weighted by Gasteiger charge is -2.14. The van der Waals surface area contributed by atoms with Gasteiger partial charge in [0.1, 0.15) is 2.14 Å². The summed E-state index contributed by atoms with van der Waals surface area (Å²) in [5.74, 6) is 0. The van der Waals surface area contributed by atoms with Crippen LogP contribution in [0.4, 0.5) is 0 Å². The zero-order chi connectivity index (χ0) is 7.49. The first kappa shape index (κ1) is 10.9. The van der Waals surface area contributed by atoms with Crippen molar-refractivity contribution in [1.29, 1.82) is 0 Å². The van der Waals surface area contributed by atoms with Crippen LogP contribution in [0, 0.1) is 0 Å². The van der Waals surface area contributed by atoms with Gasteiger partial charge in [-0.05, 0) is 6.42 Å². The maximum atomic E-state index is 8.59. The molecule has 1 atom stereocenters. The lowest BCUT2D eigenvalue weighted by Crippen LogP contribution is -2.12. The van der Waals surface area contributed by atoms with Gasteiger partial charge in [0.2, 0.25) is 0 Å². The zero-order valence-corrected chi connectivity index (χ0v) is 10.8. The highest BCUT2D eigenvalue weighted by molar-refractivity contribution is 9.39. The van der Waals surface area contributed by atoms with E-state index < -0.39 is 0 Å². The highest BCUT2D eigenvalue weighted by Crippen LogP contribution is 2.39. The summed E-state index contributed by atoms with van der Waals surface area (Å²) in [7, 11) is 0. The Morgan fingerprint density at radius 3 is 1.89 bits per heavy atom. The third-order valence-electron chi connectivity index (χ3n) is 0.651. The van der Waals surface area contributed by atoms with Crippen molar-refractivity contribution in [3.8, 4) is 0 Å². The molecule has 0 aliphatic rings. The Labute approximate surface area is 88.1 Å². The van der Waals surface area contributed by atoms with Gasteiger partial charge in [-0.1, -0.05) is 63.7 Å². The molecule has 0 saturated heterocycles. The fourth-order valence-corrected chi connectivity index (χ4v) is 3.28. The molecule has 0 aromatic carbocycles. The molecule has 0 rings (SSSR count). The molecule has 9 heavy (non-hydrogen) atoms. The van der Waals surface area contributed by atoms with E-state index in [-0.39, 0.29) is 13.6 Å². The van der Waals surface area contributed by atoms with Crippen LogP contribution in [0.1, 0.15) is 6.42 Å². The number of aliphatic hydroxyl groups is 1. The summed E-state index contributed by atoms with van der Waals surface area (Å²) in [6.45, 7) is 0.143. The highest BCUT2D eigenvalue weighted by Gasteiger charge is 2.21. The smallest absolute Gasteiger partial charge is 0.136 e. The minimum atomic E-state index is -0.246. The van der Waals surface area contributed by atoms with Crippen LogP contribution < -0.4 is 0 Å². The molecule has 0 bridgehead atoms. The largest absolute Gasteiger partial charge is 0.395 e. The standard InChI is InChI=1S/C4H6Br4O/c5-3(2-9)1-4(6,7)8/h3,9H,1-2H2. The lowest BCUT2D eigenvalue weighted by atomic mass is 10.4. The van der Waals surface area contributed by atoms with E-state index in [0.29, 0.717) is 0 Å². The molecule has 1 N–H and O–H groups in total. The molecule has 0 saturated carbocycles. The normalized spacial score (nSPS) is 15.7. The van der Waals surface area contributed by atoms with Crippen LogP contribution in [-0.4, -0.2) is 18.7 Å². The van der Waals surface area contributed by atoms with Crippen LogP contribution in [0.5, 0.6) is 0 Å². The van der Waals surface area contributed by atoms with Gasteiger partial charge in [0, 0.05) is 4.83 Å². The van der Waals surface area contributed by atoms with E-state index in [4.69, 9.17) is 5.11 Å². The first-order valence-corrected chi connectivity index (χ1v) is 5.57.